The maximum Gasteiger partial charge on any atom is 0.127 e. The van der Waals surface area contributed by atoms with Crippen LogP contribution in [0.2, 0.25) is 5.02 Å². The minimum Gasteiger partial charge on any atom is -0.385 e. The summed E-state index contributed by atoms with van der Waals surface area (Å²) in [5.41, 5.74) is 0.752. The van der Waals surface area contributed by atoms with Crippen molar-refractivity contribution in [2.24, 2.45) is 0 Å². The summed E-state index contributed by atoms with van der Waals surface area (Å²) in [7, 11) is 0. The Morgan fingerprint density at radius 1 is 1.15 bits per heavy atom. The molecular weight excluding hydrogens is 282 g/mol. The second-order valence-electron chi connectivity index (χ2n) is 5.25. The van der Waals surface area contributed by atoms with Crippen molar-refractivity contribution in [3.8, 4) is 0 Å². The summed E-state index contributed by atoms with van der Waals surface area (Å²) in [5, 5.41) is 11.1. The van der Waals surface area contributed by atoms with Crippen LogP contribution in [-0.2, 0) is 18.4 Å². The predicted octanol–water partition coefficient (Wildman–Crippen LogP) is 3.99. The molecule has 1 N–H and O–H groups in total. The normalized spacial score (nSPS) is 21.0. The third-order valence-corrected chi connectivity index (χ3v) is 4.11. The van der Waals surface area contributed by atoms with Crippen molar-refractivity contribution in [2.75, 3.05) is 0 Å². The average molecular weight is 295 g/mol. The van der Waals surface area contributed by atoms with Gasteiger partial charge in [0.15, 0.2) is 0 Å². The number of aryl methyl sites for hydroxylation is 1. The molecule has 20 heavy (non-hydrogen) atoms. The lowest BCUT2D eigenvalue weighted by molar-refractivity contribution is 0.0381. The zero-order valence-electron chi connectivity index (χ0n) is 10.7. The van der Waals surface area contributed by atoms with Crippen molar-refractivity contribution in [2.45, 2.75) is 24.9 Å². The summed E-state index contributed by atoms with van der Waals surface area (Å²) in [6.45, 7) is 0. The zero-order chi connectivity index (χ0) is 14.3. The first kappa shape index (κ1) is 13.5. The number of benzene rings is 2. The summed E-state index contributed by atoms with van der Waals surface area (Å²) in [6, 6.07) is 8.77. The molecule has 0 radical (unpaired) electrons. The molecule has 3 rings (SSSR count). The van der Waals surface area contributed by atoms with E-state index in [4.69, 9.17) is 11.6 Å². The van der Waals surface area contributed by atoms with Crippen LogP contribution < -0.4 is 0 Å². The van der Waals surface area contributed by atoms with E-state index in [1.165, 1.54) is 18.2 Å². The van der Waals surface area contributed by atoms with E-state index in [2.05, 4.69) is 0 Å². The van der Waals surface area contributed by atoms with Gasteiger partial charge in [-0.2, -0.15) is 0 Å². The summed E-state index contributed by atoms with van der Waals surface area (Å²) >= 11 is 5.72. The molecule has 2 aromatic rings. The van der Waals surface area contributed by atoms with E-state index in [9.17, 15) is 13.9 Å². The SMILES string of the molecule is OC1(Cc2ccc(Cl)cc2F)CCc2cc(F)ccc21. The Bertz CT molecular complexity index is 672. The summed E-state index contributed by atoms with van der Waals surface area (Å²) < 4.78 is 27.1. The van der Waals surface area contributed by atoms with Gasteiger partial charge in [-0.15, -0.1) is 0 Å². The maximum absolute atomic E-state index is 13.9. The van der Waals surface area contributed by atoms with Gasteiger partial charge in [-0.1, -0.05) is 23.7 Å². The molecule has 1 atom stereocenters. The van der Waals surface area contributed by atoms with E-state index in [1.54, 1.807) is 18.2 Å². The van der Waals surface area contributed by atoms with Crippen LogP contribution in [0.4, 0.5) is 8.78 Å². The van der Waals surface area contributed by atoms with Gasteiger partial charge in [-0.05, 0) is 53.8 Å². The van der Waals surface area contributed by atoms with E-state index in [0.717, 1.165) is 5.56 Å². The molecule has 0 saturated heterocycles. The van der Waals surface area contributed by atoms with Crippen molar-refractivity contribution in [1.29, 1.82) is 0 Å². The Morgan fingerprint density at radius 3 is 2.70 bits per heavy atom. The summed E-state index contributed by atoms with van der Waals surface area (Å²) in [6.07, 6.45) is 1.22. The number of rotatable bonds is 2. The maximum atomic E-state index is 13.9. The molecule has 4 heteroatoms. The topological polar surface area (TPSA) is 20.2 Å². The summed E-state index contributed by atoms with van der Waals surface area (Å²) in [4.78, 5) is 0. The Kier molecular flexibility index (Phi) is 3.27. The smallest absolute Gasteiger partial charge is 0.127 e. The third kappa shape index (κ3) is 2.32. The van der Waals surface area contributed by atoms with Crippen LogP contribution in [0.1, 0.15) is 23.1 Å². The Morgan fingerprint density at radius 2 is 1.95 bits per heavy atom. The second-order valence-corrected chi connectivity index (χ2v) is 5.68. The van der Waals surface area contributed by atoms with Crippen molar-refractivity contribution < 1.29 is 13.9 Å². The highest BCUT2D eigenvalue weighted by Crippen LogP contribution is 2.40. The Hall–Kier alpha value is -1.45. The van der Waals surface area contributed by atoms with Gasteiger partial charge >= 0.3 is 0 Å². The lowest BCUT2D eigenvalue weighted by atomic mass is 9.88. The van der Waals surface area contributed by atoms with Crippen molar-refractivity contribution in [3.05, 3.63) is 69.7 Å². The number of hydrogen-bond acceptors (Lipinski definition) is 1. The van der Waals surface area contributed by atoms with E-state index in [1.807, 2.05) is 0 Å². The highest BCUT2D eigenvalue weighted by molar-refractivity contribution is 6.30. The molecule has 1 unspecified atom stereocenters. The molecular formula is C16H13ClF2O. The van der Waals surface area contributed by atoms with E-state index in [-0.39, 0.29) is 12.2 Å². The molecule has 0 bridgehead atoms. The van der Waals surface area contributed by atoms with Gasteiger partial charge in [0.05, 0.1) is 5.60 Å². The number of halogens is 3. The lowest BCUT2D eigenvalue weighted by Gasteiger charge is -2.24. The third-order valence-electron chi connectivity index (χ3n) is 3.87. The molecule has 2 aromatic carbocycles. The van der Waals surface area contributed by atoms with Gasteiger partial charge in [0.2, 0.25) is 0 Å². The largest absolute Gasteiger partial charge is 0.385 e. The molecule has 0 heterocycles. The Balaban J connectivity index is 1.96. The first-order valence-electron chi connectivity index (χ1n) is 6.43. The molecule has 0 fully saturated rings. The lowest BCUT2D eigenvalue weighted by Crippen LogP contribution is -2.25. The molecule has 0 spiro atoms. The van der Waals surface area contributed by atoms with Crippen LogP contribution in [0.15, 0.2) is 36.4 Å². The quantitative estimate of drug-likeness (QED) is 0.888. The minimum absolute atomic E-state index is 0.161. The molecule has 1 nitrogen and oxygen atoms in total. The fourth-order valence-corrected chi connectivity index (χ4v) is 3.02. The first-order chi connectivity index (χ1) is 9.48. The van der Waals surface area contributed by atoms with Gasteiger partial charge in [-0.3, -0.25) is 0 Å². The Labute approximate surface area is 120 Å². The van der Waals surface area contributed by atoms with Crippen LogP contribution in [0.25, 0.3) is 0 Å². The van der Waals surface area contributed by atoms with Gasteiger partial charge in [0.25, 0.3) is 0 Å². The first-order valence-corrected chi connectivity index (χ1v) is 6.81. The molecule has 1 aliphatic rings. The molecule has 104 valence electrons. The predicted molar refractivity (Wildman–Crippen MR) is 73.7 cm³/mol. The number of hydrogen-bond donors (Lipinski definition) is 1. The molecule has 0 aromatic heterocycles. The second kappa shape index (κ2) is 4.83. The van der Waals surface area contributed by atoms with Crippen molar-refractivity contribution in [3.63, 3.8) is 0 Å². The molecule has 0 aliphatic heterocycles. The van der Waals surface area contributed by atoms with Gasteiger partial charge in [0.1, 0.15) is 11.6 Å². The van der Waals surface area contributed by atoms with Gasteiger partial charge in [0, 0.05) is 11.4 Å². The monoisotopic (exact) mass is 294 g/mol. The van der Waals surface area contributed by atoms with E-state index < -0.39 is 11.4 Å². The van der Waals surface area contributed by atoms with Gasteiger partial charge in [-0.25, -0.2) is 8.78 Å². The van der Waals surface area contributed by atoms with Crippen LogP contribution >= 0.6 is 11.6 Å². The van der Waals surface area contributed by atoms with Crippen LogP contribution in [0.5, 0.6) is 0 Å². The van der Waals surface area contributed by atoms with Crippen LogP contribution in [0.3, 0.4) is 0 Å². The average Bonchev–Trinajstić information content (AvgIpc) is 2.70. The van der Waals surface area contributed by atoms with E-state index in [0.29, 0.717) is 29.0 Å². The van der Waals surface area contributed by atoms with Crippen molar-refractivity contribution >= 4 is 11.6 Å². The van der Waals surface area contributed by atoms with Crippen LogP contribution in [0, 0.1) is 11.6 Å². The molecule has 0 amide bonds. The van der Waals surface area contributed by atoms with Gasteiger partial charge < -0.3 is 5.11 Å². The fourth-order valence-electron chi connectivity index (χ4n) is 2.86. The highest BCUT2D eigenvalue weighted by atomic mass is 35.5. The number of aliphatic hydroxyl groups is 1. The number of fused-ring (bicyclic) bond motifs is 1. The van der Waals surface area contributed by atoms with E-state index >= 15 is 0 Å². The van der Waals surface area contributed by atoms with Crippen LogP contribution in [-0.4, -0.2) is 5.11 Å². The summed E-state index contributed by atoms with van der Waals surface area (Å²) in [5.74, 6) is -0.743. The highest BCUT2D eigenvalue weighted by Gasteiger charge is 2.37. The minimum atomic E-state index is -1.14. The standard InChI is InChI=1S/C16H13ClF2O/c17-12-2-1-11(15(19)8-12)9-16(20)6-5-10-7-13(18)3-4-14(10)16/h1-4,7-8,20H,5-6,9H2. The molecule has 0 saturated carbocycles. The molecule has 1 aliphatic carbocycles. The fraction of sp³-hybridized carbons (Fsp3) is 0.250. The van der Waals surface area contributed by atoms with Crippen molar-refractivity contribution in [1.82, 2.24) is 0 Å². The zero-order valence-corrected chi connectivity index (χ0v) is 11.4.